The van der Waals surface area contributed by atoms with E-state index in [-0.39, 0.29) is 24.9 Å². The van der Waals surface area contributed by atoms with Gasteiger partial charge in [-0.3, -0.25) is 9.69 Å². The van der Waals surface area contributed by atoms with Crippen molar-refractivity contribution in [3.05, 3.63) is 0 Å². The zero-order valence-electron chi connectivity index (χ0n) is 8.07. The van der Waals surface area contributed by atoms with Crippen LogP contribution in [-0.4, -0.2) is 29.8 Å². The highest BCUT2D eigenvalue weighted by molar-refractivity contribution is 5.84. The predicted octanol–water partition coefficient (Wildman–Crippen LogP) is 0.847. The van der Waals surface area contributed by atoms with Gasteiger partial charge in [-0.05, 0) is 12.8 Å². The maximum atomic E-state index is 11.5. The zero-order chi connectivity index (χ0) is 10.4. The van der Waals surface area contributed by atoms with E-state index in [9.17, 15) is 4.79 Å². The lowest BCUT2D eigenvalue weighted by atomic mass is 9.93. The van der Waals surface area contributed by atoms with Crippen molar-refractivity contribution in [1.82, 2.24) is 4.90 Å². The summed E-state index contributed by atoms with van der Waals surface area (Å²) in [5, 5.41) is 17.1. The van der Waals surface area contributed by atoms with Gasteiger partial charge in [-0.1, -0.05) is 6.42 Å². The average Bonchev–Trinajstić information content (AvgIpc) is 2.18. The van der Waals surface area contributed by atoms with E-state index in [4.69, 9.17) is 10.5 Å². The Balaban J connectivity index is 2.62. The fourth-order valence-corrected chi connectivity index (χ4v) is 1.81. The van der Waals surface area contributed by atoms with E-state index in [1.54, 1.807) is 4.90 Å². The van der Waals surface area contributed by atoms with Crippen molar-refractivity contribution in [2.24, 2.45) is 0 Å². The summed E-state index contributed by atoms with van der Waals surface area (Å²) < 4.78 is 0. The maximum Gasteiger partial charge on any atom is 0.150 e. The summed E-state index contributed by atoms with van der Waals surface area (Å²) in [6, 6.07) is 3.79. The van der Waals surface area contributed by atoms with E-state index in [1.807, 2.05) is 12.1 Å². The highest BCUT2D eigenvalue weighted by atomic mass is 16.1. The van der Waals surface area contributed by atoms with Crippen LogP contribution < -0.4 is 0 Å². The van der Waals surface area contributed by atoms with Crippen LogP contribution in [0.4, 0.5) is 0 Å². The Kier molecular flexibility index (Phi) is 4.10. The minimum Gasteiger partial charge on any atom is -0.298 e. The Morgan fingerprint density at radius 2 is 1.93 bits per heavy atom. The van der Waals surface area contributed by atoms with Crippen molar-refractivity contribution in [2.75, 3.05) is 13.1 Å². The van der Waals surface area contributed by atoms with Crippen LogP contribution in [0.5, 0.6) is 0 Å². The molecule has 4 heteroatoms. The number of hydrogen-bond acceptors (Lipinski definition) is 4. The van der Waals surface area contributed by atoms with Gasteiger partial charge in [0.1, 0.15) is 5.78 Å². The predicted molar refractivity (Wildman–Crippen MR) is 50.1 cm³/mol. The second-order valence-corrected chi connectivity index (χ2v) is 3.45. The molecule has 1 fully saturated rings. The molecule has 0 radical (unpaired) electrons. The quantitative estimate of drug-likeness (QED) is 0.620. The van der Waals surface area contributed by atoms with Crippen LogP contribution in [0.3, 0.4) is 0 Å². The highest BCUT2D eigenvalue weighted by Crippen LogP contribution is 2.19. The number of ketones is 1. The molecule has 1 saturated carbocycles. The number of nitrogens with zero attached hydrogens (tertiary/aromatic N) is 3. The Bertz CT molecular complexity index is 271. The molecular weight excluding hydrogens is 178 g/mol. The smallest absolute Gasteiger partial charge is 0.150 e. The molecule has 0 spiro atoms. The Hall–Kier alpha value is -1.39. The first-order valence-electron chi connectivity index (χ1n) is 4.80. The average molecular weight is 191 g/mol. The third kappa shape index (κ3) is 2.55. The summed E-state index contributed by atoms with van der Waals surface area (Å²) >= 11 is 0. The zero-order valence-corrected chi connectivity index (χ0v) is 8.07. The van der Waals surface area contributed by atoms with Gasteiger partial charge in [0.15, 0.2) is 0 Å². The largest absolute Gasteiger partial charge is 0.298 e. The first-order valence-corrected chi connectivity index (χ1v) is 4.80. The lowest BCUT2D eigenvalue weighted by Crippen LogP contribution is -2.43. The van der Waals surface area contributed by atoms with E-state index in [2.05, 4.69) is 0 Å². The van der Waals surface area contributed by atoms with Gasteiger partial charge >= 0.3 is 0 Å². The van der Waals surface area contributed by atoms with E-state index in [1.165, 1.54) is 0 Å². The number of hydrogen-bond donors (Lipinski definition) is 0. The minimum absolute atomic E-state index is 0.171. The molecule has 0 N–H and O–H groups in total. The Morgan fingerprint density at radius 3 is 2.43 bits per heavy atom. The minimum atomic E-state index is -0.192. The summed E-state index contributed by atoms with van der Waals surface area (Å²) in [7, 11) is 0. The molecule has 0 aliphatic heterocycles. The molecule has 0 amide bonds. The fraction of sp³-hybridized carbons (Fsp3) is 0.700. The van der Waals surface area contributed by atoms with Gasteiger partial charge in [-0.2, -0.15) is 10.5 Å². The SMILES string of the molecule is N#CCN(CC#N)C1CCCCC1=O. The lowest BCUT2D eigenvalue weighted by molar-refractivity contribution is -0.125. The summed E-state index contributed by atoms with van der Waals surface area (Å²) in [5.41, 5.74) is 0. The summed E-state index contributed by atoms with van der Waals surface area (Å²) in [4.78, 5) is 13.2. The van der Waals surface area contributed by atoms with Gasteiger partial charge in [-0.15, -0.1) is 0 Å². The molecule has 0 bridgehead atoms. The van der Waals surface area contributed by atoms with Crippen molar-refractivity contribution < 1.29 is 4.79 Å². The maximum absolute atomic E-state index is 11.5. The molecule has 1 aliphatic rings. The molecule has 4 nitrogen and oxygen atoms in total. The van der Waals surface area contributed by atoms with Gasteiger partial charge in [0.05, 0.1) is 31.3 Å². The molecule has 74 valence electrons. The van der Waals surface area contributed by atoms with Crippen molar-refractivity contribution in [3.63, 3.8) is 0 Å². The van der Waals surface area contributed by atoms with Crippen LogP contribution in [0.1, 0.15) is 25.7 Å². The van der Waals surface area contributed by atoms with Gasteiger partial charge in [-0.25, -0.2) is 0 Å². The van der Waals surface area contributed by atoms with Crippen molar-refractivity contribution in [1.29, 1.82) is 10.5 Å². The molecule has 0 aromatic heterocycles. The molecule has 1 unspecified atom stereocenters. The molecule has 1 rings (SSSR count). The van der Waals surface area contributed by atoms with Gasteiger partial charge in [0, 0.05) is 6.42 Å². The summed E-state index contributed by atoms with van der Waals surface area (Å²) in [6.07, 6.45) is 3.35. The van der Waals surface area contributed by atoms with E-state index < -0.39 is 0 Å². The normalized spacial score (nSPS) is 21.6. The van der Waals surface area contributed by atoms with Crippen LogP contribution in [0.15, 0.2) is 0 Å². The highest BCUT2D eigenvalue weighted by Gasteiger charge is 2.27. The Labute approximate surface area is 83.7 Å². The number of nitriles is 2. The number of carbonyl (C=O) groups is 1. The van der Waals surface area contributed by atoms with Gasteiger partial charge < -0.3 is 0 Å². The van der Waals surface area contributed by atoms with Crippen LogP contribution in [0.2, 0.25) is 0 Å². The lowest BCUT2D eigenvalue weighted by Gasteiger charge is -2.29. The van der Waals surface area contributed by atoms with Crippen LogP contribution >= 0.6 is 0 Å². The third-order valence-electron chi connectivity index (χ3n) is 2.51. The van der Waals surface area contributed by atoms with Crippen molar-refractivity contribution >= 4 is 5.78 Å². The van der Waals surface area contributed by atoms with Crippen LogP contribution in [0.25, 0.3) is 0 Å². The molecule has 0 heterocycles. The second-order valence-electron chi connectivity index (χ2n) is 3.45. The number of rotatable bonds is 3. The van der Waals surface area contributed by atoms with Crippen LogP contribution in [0, 0.1) is 22.7 Å². The monoisotopic (exact) mass is 191 g/mol. The second kappa shape index (κ2) is 5.36. The van der Waals surface area contributed by atoms with Crippen molar-refractivity contribution in [3.8, 4) is 12.1 Å². The standard InChI is InChI=1S/C10H13N3O/c11-5-7-13(8-6-12)9-3-1-2-4-10(9)14/h9H,1-4,7-8H2. The van der Waals surface area contributed by atoms with Gasteiger partial charge in [0.2, 0.25) is 0 Å². The van der Waals surface area contributed by atoms with Crippen LogP contribution in [-0.2, 0) is 4.79 Å². The Morgan fingerprint density at radius 1 is 1.29 bits per heavy atom. The topological polar surface area (TPSA) is 67.9 Å². The molecular formula is C10H13N3O. The molecule has 0 saturated heterocycles. The number of carbonyl (C=O) groups excluding carboxylic acids is 1. The molecule has 14 heavy (non-hydrogen) atoms. The first kappa shape index (κ1) is 10.7. The number of Topliss-reactive ketones (excluding diaryl/α,β-unsaturated/α-hetero) is 1. The molecule has 1 atom stereocenters. The van der Waals surface area contributed by atoms with Gasteiger partial charge in [0.25, 0.3) is 0 Å². The molecule has 0 aromatic carbocycles. The molecule has 1 aliphatic carbocycles. The van der Waals surface area contributed by atoms with E-state index in [0.717, 1.165) is 19.3 Å². The first-order chi connectivity index (χ1) is 6.79. The van der Waals surface area contributed by atoms with Crippen molar-refractivity contribution in [2.45, 2.75) is 31.7 Å². The summed E-state index contributed by atoms with van der Waals surface area (Å²) in [6.45, 7) is 0.341. The van der Waals surface area contributed by atoms with E-state index >= 15 is 0 Å². The van der Waals surface area contributed by atoms with E-state index in [0.29, 0.717) is 6.42 Å². The molecule has 0 aromatic rings. The third-order valence-corrected chi connectivity index (χ3v) is 2.51. The summed E-state index contributed by atoms with van der Waals surface area (Å²) in [5.74, 6) is 0.182. The fourth-order valence-electron chi connectivity index (χ4n) is 1.81.